The summed E-state index contributed by atoms with van der Waals surface area (Å²) in [6, 6.07) is 1.85. The van der Waals surface area contributed by atoms with Crippen molar-refractivity contribution >= 4 is 11.5 Å². The van der Waals surface area contributed by atoms with Crippen molar-refractivity contribution < 1.29 is 10.2 Å². The third kappa shape index (κ3) is 3.07. The minimum atomic E-state index is 0.0328. The van der Waals surface area contributed by atoms with Crippen LogP contribution in [-0.4, -0.2) is 41.5 Å². The third-order valence-corrected chi connectivity index (χ3v) is 2.20. The number of anilines is 2. The maximum Gasteiger partial charge on any atom is 0.129 e. The van der Waals surface area contributed by atoms with Crippen molar-refractivity contribution in [1.82, 2.24) is 4.98 Å². The van der Waals surface area contributed by atoms with E-state index in [0.29, 0.717) is 18.8 Å². The fraction of sp³-hybridized carbons (Fsp3) is 0.500. The predicted molar refractivity (Wildman–Crippen MR) is 59.8 cm³/mol. The van der Waals surface area contributed by atoms with Crippen molar-refractivity contribution in [2.75, 3.05) is 36.9 Å². The zero-order chi connectivity index (χ0) is 11.3. The summed E-state index contributed by atoms with van der Waals surface area (Å²) in [6.07, 6.45) is 1.59. The van der Waals surface area contributed by atoms with Gasteiger partial charge >= 0.3 is 0 Å². The first kappa shape index (κ1) is 11.7. The Labute approximate surface area is 89.2 Å². The highest BCUT2D eigenvalue weighted by atomic mass is 16.3. The van der Waals surface area contributed by atoms with Crippen LogP contribution in [0, 0.1) is 6.92 Å². The Morgan fingerprint density at radius 3 is 2.40 bits per heavy atom. The molecule has 0 aliphatic rings. The van der Waals surface area contributed by atoms with Crippen LogP contribution in [0.3, 0.4) is 0 Å². The Kier molecular flexibility index (Phi) is 4.33. The van der Waals surface area contributed by atoms with Crippen LogP contribution in [0.2, 0.25) is 0 Å². The molecule has 1 heterocycles. The number of aromatic nitrogens is 1. The molecule has 0 unspecified atom stereocenters. The summed E-state index contributed by atoms with van der Waals surface area (Å²) >= 11 is 0. The lowest BCUT2D eigenvalue weighted by Gasteiger charge is -2.22. The number of aliphatic hydroxyl groups excluding tert-OH is 2. The maximum atomic E-state index is 8.87. The molecule has 0 aromatic carbocycles. The van der Waals surface area contributed by atoms with Crippen molar-refractivity contribution in [3.63, 3.8) is 0 Å². The number of hydrogen-bond donors (Lipinski definition) is 3. The third-order valence-electron chi connectivity index (χ3n) is 2.20. The topological polar surface area (TPSA) is 82.6 Å². The Hall–Kier alpha value is -1.33. The lowest BCUT2D eigenvalue weighted by atomic mass is 10.2. The number of pyridine rings is 1. The number of hydrogen-bond acceptors (Lipinski definition) is 5. The van der Waals surface area contributed by atoms with Crippen LogP contribution in [0.25, 0.3) is 0 Å². The maximum absolute atomic E-state index is 8.87. The molecule has 5 nitrogen and oxygen atoms in total. The number of aryl methyl sites for hydroxylation is 1. The molecule has 0 atom stereocenters. The number of nitrogen functional groups attached to an aromatic ring is 1. The second-order valence-electron chi connectivity index (χ2n) is 3.33. The van der Waals surface area contributed by atoms with E-state index in [1.165, 1.54) is 0 Å². The van der Waals surface area contributed by atoms with Crippen LogP contribution in [0.4, 0.5) is 11.5 Å². The summed E-state index contributed by atoms with van der Waals surface area (Å²) in [5.41, 5.74) is 7.25. The number of nitrogens with two attached hydrogens (primary N) is 1. The molecular weight excluding hydrogens is 194 g/mol. The van der Waals surface area contributed by atoms with Gasteiger partial charge in [0, 0.05) is 13.1 Å². The zero-order valence-electron chi connectivity index (χ0n) is 8.85. The van der Waals surface area contributed by atoms with Crippen molar-refractivity contribution in [3.8, 4) is 0 Å². The van der Waals surface area contributed by atoms with Gasteiger partial charge in [0.25, 0.3) is 0 Å². The van der Waals surface area contributed by atoms with E-state index in [9.17, 15) is 0 Å². The standard InChI is InChI=1S/C10H17N3O2/c1-8-6-10(12-7-9(8)11)13(2-4-14)3-5-15/h6-7,14-15H,2-5,11H2,1H3. The van der Waals surface area contributed by atoms with Crippen molar-refractivity contribution in [3.05, 3.63) is 17.8 Å². The van der Waals surface area contributed by atoms with Gasteiger partial charge in [0.1, 0.15) is 5.82 Å². The summed E-state index contributed by atoms with van der Waals surface area (Å²) in [5, 5.41) is 17.7. The fourth-order valence-electron chi connectivity index (χ4n) is 1.31. The largest absolute Gasteiger partial charge is 0.397 e. The highest BCUT2D eigenvalue weighted by Gasteiger charge is 2.07. The Morgan fingerprint density at radius 1 is 1.33 bits per heavy atom. The van der Waals surface area contributed by atoms with Gasteiger partial charge < -0.3 is 20.8 Å². The minimum absolute atomic E-state index is 0.0328. The molecule has 1 aromatic rings. The molecule has 0 saturated heterocycles. The Bertz CT molecular complexity index is 312. The number of aliphatic hydroxyl groups is 2. The summed E-state index contributed by atoms with van der Waals surface area (Å²) < 4.78 is 0. The van der Waals surface area contributed by atoms with Gasteiger partial charge in [-0.25, -0.2) is 4.98 Å². The lowest BCUT2D eigenvalue weighted by Crippen LogP contribution is -2.30. The van der Waals surface area contributed by atoms with Crippen molar-refractivity contribution in [2.45, 2.75) is 6.92 Å². The summed E-state index contributed by atoms with van der Waals surface area (Å²) in [5.74, 6) is 0.727. The molecule has 0 amide bonds. The second-order valence-corrected chi connectivity index (χ2v) is 3.33. The molecule has 1 rings (SSSR count). The van der Waals surface area contributed by atoms with Gasteiger partial charge in [0.2, 0.25) is 0 Å². The SMILES string of the molecule is Cc1cc(N(CCO)CCO)ncc1N. The van der Waals surface area contributed by atoms with Crippen molar-refractivity contribution in [2.24, 2.45) is 0 Å². The van der Waals surface area contributed by atoms with Crippen LogP contribution in [0.5, 0.6) is 0 Å². The van der Waals surface area contributed by atoms with Gasteiger partial charge in [0.15, 0.2) is 0 Å². The van der Waals surface area contributed by atoms with Gasteiger partial charge in [-0.3, -0.25) is 0 Å². The first-order valence-corrected chi connectivity index (χ1v) is 4.88. The van der Waals surface area contributed by atoms with Gasteiger partial charge in [-0.2, -0.15) is 0 Å². The fourth-order valence-corrected chi connectivity index (χ4v) is 1.31. The highest BCUT2D eigenvalue weighted by molar-refractivity contribution is 5.52. The molecule has 0 saturated carbocycles. The first-order chi connectivity index (χ1) is 7.19. The van der Waals surface area contributed by atoms with E-state index in [4.69, 9.17) is 15.9 Å². The van der Waals surface area contributed by atoms with E-state index >= 15 is 0 Å². The molecule has 0 bridgehead atoms. The van der Waals surface area contributed by atoms with E-state index < -0.39 is 0 Å². The number of nitrogens with zero attached hydrogens (tertiary/aromatic N) is 2. The normalized spacial score (nSPS) is 10.3. The molecule has 15 heavy (non-hydrogen) atoms. The molecule has 0 aliphatic heterocycles. The minimum Gasteiger partial charge on any atom is -0.397 e. The Balaban J connectivity index is 2.85. The quantitative estimate of drug-likeness (QED) is 0.626. The smallest absolute Gasteiger partial charge is 0.129 e. The lowest BCUT2D eigenvalue weighted by molar-refractivity contribution is 0.280. The van der Waals surface area contributed by atoms with Gasteiger partial charge in [-0.15, -0.1) is 0 Å². The van der Waals surface area contributed by atoms with Gasteiger partial charge in [-0.1, -0.05) is 0 Å². The van der Waals surface area contributed by atoms with Crippen LogP contribution >= 0.6 is 0 Å². The van der Waals surface area contributed by atoms with Crippen LogP contribution < -0.4 is 10.6 Å². The molecule has 84 valence electrons. The van der Waals surface area contributed by atoms with Crippen LogP contribution in [0.1, 0.15) is 5.56 Å². The van der Waals surface area contributed by atoms with E-state index in [1.54, 1.807) is 6.20 Å². The van der Waals surface area contributed by atoms with E-state index in [-0.39, 0.29) is 13.2 Å². The van der Waals surface area contributed by atoms with Crippen LogP contribution in [0.15, 0.2) is 12.3 Å². The summed E-state index contributed by atoms with van der Waals surface area (Å²) in [4.78, 5) is 5.97. The molecule has 0 spiro atoms. The predicted octanol–water partition coefficient (Wildman–Crippen LogP) is -0.237. The molecular formula is C10H17N3O2. The van der Waals surface area contributed by atoms with Gasteiger partial charge in [0.05, 0.1) is 25.1 Å². The Morgan fingerprint density at radius 2 is 1.93 bits per heavy atom. The molecule has 5 heteroatoms. The average molecular weight is 211 g/mol. The molecule has 4 N–H and O–H groups in total. The molecule has 0 radical (unpaired) electrons. The van der Waals surface area contributed by atoms with E-state index in [0.717, 1.165) is 11.4 Å². The summed E-state index contributed by atoms with van der Waals surface area (Å²) in [7, 11) is 0. The van der Waals surface area contributed by atoms with Crippen molar-refractivity contribution in [1.29, 1.82) is 0 Å². The summed E-state index contributed by atoms with van der Waals surface area (Å²) in [6.45, 7) is 2.88. The monoisotopic (exact) mass is 211 g/mol. The molecule has 0 aliphatic carbocycles. The highest BCUT2D eigenvalue weighted by Crippen LogP contribution is 2.16. The van der Waals surface area contributed by atoms with Gasteiger partial charge in [-0.05, 0) is 18.6 Å². The zero-order valence-corrected chi connectivity index (χ0v) is 8.85. The first-order valence-electron chi connectivity index (χ1n) is 4.88. The molecule has 0 fully saturated rings. The molecule has 1 aromatic heterocycles. The van der Waals surface area contributed by atoms with E-state index in [1.807, 2.05) is 17.9 Å². The average Bonchev–Trinajstić information content (AvgIpc) is 2.22. The second kappa shape index (κ2) is 5.53. The van der Waals surface area contributed by atoms with Crippen LogP contribution in [-0.2, 0) is 0 Å². The van der Waals surface area contributed by atoms with E-state index in [2.05, 4.69) is 4.98 Å². The number of rotatable bonds is 5.